The van der Waals surface area contributed by atoms with Crippen LogP contribution in [0.5, 0.6) is 0 Å². The number of ether oxygens (including phenoxy) is 1. The Hall–Kier alpha value is -1.40. The number of hydrogen-bond donors (Lipinski definition) is 4. The Balaban J connectivity index is 1.99. The summed E-state index contributed by atoms with van der Waals surface area (Å²) in [6.45, 7) is -1.67. The van der Waals surface area contributed by atoms with E-state index in [9.17, 15) is 14.8 Å². The molecule has 0 aliphatic carbocycles. The van der Waals surface area contributed by atoms with Crippen LogP contribution in [-0.2, 0) is 25.6 Å². The molecule has 0 bridgehead atoms. The minimum atomic E-state index is -3.50. The predicted molar refractivity (Wildman–Crippen MR) is 91.2 cm³/mol. The molecule has 2 aromatic heterocycles. The lowest BCUT2D eigenvalue weighted by Crippen LogP contribution is -2.33. The van der Waals surface area contributed by atoms with Crippen molar-refractivity contribution < 1.29 is 23.8 Å². The van der Waals surface area contributed by atoms with Gasteiger partial charge in [0.25, 0.3) is 5.56 Å². The highest BCUT2D eigenvalue weighted by Crippen LogP contribution is 2.48. The molecule has 1 saturated heterocycles. The zero-order valence-corrected chi connectivity index (χ0v) is 15.1. The van der Waals surface area contributed by atoms with E-state index in [-0.39, 0.29) is 17.1 Å². The number of H-pyrrole nitrogens is 1. The van der Waals surface area contributed by atoms with Crippen LogP contribution in [0.25, 0.3) is 11.2 Å². The average molecular weight is 391 g/mol. The molecule has 3 heterocycles. The number of nitrogen functional groups attached to an aromatic ring is 1. The summed E-state index contributed by atoms with van der Waals surface area (Å²) in [5, 5.41) is 10.6. The molecule has 1 aliphatic rings. The third-order valence-corrected chi connectivity index (χ3v) is 5.60. The Morgan fingerprint density at radius 3 is 2.96 bits per heavy atom. The first kappa shape index (κ1) is 18.4. The fourth-order valence-corrected chi connectivity index (χ4v) is 3.69. The van der Waals surface area contributed by atoms with Crippen LogP contribution in [0, 0.1) is 0 Å². The Morgan fingerprint density at radius 1 is 1.60 bits per heavy atom. The number of aromatic nitrogens is 4. The summed E-state index contributed by atoms with van der Waals surface area (Å²) in [6, 6.07) is 0. The van der Waals surface area contributed by atoms with Gasteiger partial charge >= 0.3 is 6.72 Å². The second-order valence-electron chi connectivity index (χ2n) is 5.46. The van der Waals surface area contributed by atoms with E-state index in [1.54, 1.807) is 0 Å². The smallest absolute Gasteiger partial charge is 0.324 e. The van der Waals surface area contributed by atoms with Crippen molar-refractivity contribution in [1.82, 2.24) is 19.5 Å². The number of aromatic amines is 1. The first-order chi connectivity index (χ1) is 11.8. The minimum absolute atomic E-state index is 0.0617. The third-order valence-electron chi connectivity index (χ3n) is 3.92. The fraction of sp³-hybridized carbons (Fsp3) is 0.583. The molecular formula is C12H18N5O6PS. The number of anilines is 1. The quantitative estimate of drug-likeness (QED) is 0.495. The van der Waals surface area contributed by atoms with E-state index in [0.717, 1.165) is 0 Å². The maximum Gasteiger partial charge on any atom is 0.324 e. The number of fused-ring (bicyclic) bond motifs is 1. The highest BCUT2D eigenvalue weighted by Gasteiger charge is 2.47. The molecule has 0 radical (unpaired) electrons. The van der Waals surface area contributed by atoms with E-state index in [0.29, 0.717) is 6.42 Å². The molecule has 5 atom stereocenters. The van der Waals surface area contributed by atoms with Gasteiger partial charge in [-0.25, -0.2) is 4.98 Å². The molecule has 0 amide bonds. The van der Waals surface area contributed by atoms with Gasteiger partial charge in [0.1, 0.15) is 12.2 Å². The van der Waals surface area contributed by atoms with Crippen molar-refractivity contribution in [1.29, 1.82) is 0 Å². The van der Waals surface area contributed by atoms with E-state index in [1.807, 2.05) is 6.92 Å². The number of rotatable bonds is 5. The topological polar surface area (TPSA) is 158 Å². The van der Waals surface area contributed by atoms with Crippen molar-refractivity contribution in [2.24, 2.45) is 0 Å². The lowest BCUT2D eigenvalue weighted by Gasteiger charge is -2.23. The van der Waals surface area contributed by atoms with Gasteiger partial charge in [0.2, 0.25) is 5.95 Å². The second-order valence-corrected chi connectivity index (χ2v) is 8.36. The number of aliphatic hydroxyl groups is 1. The average Bonchev–Trinajstić information content (AvgIpc) is 3.09. The molecule has 25 heavy (non-hydrogen) atoms. The lowest BCUT2D eigenvalue weighted by molar-refractivity contribution is -0.0355. The Labute approximate surface area is 147 Å². The van der Waals surface area contributed by atoms with E-state index >= 15 is 0 Å². The summed E-state index contributed by atoms with van der Waals surface area (Å²) in [6.07, 6.45) is -1.81. The Bertz CT molecular complexity index is 886. The van der Waals surface area contributed by atoms with E-state index in [2.05, 4.69) is 15.0 Å². The van der Waals surface area contributed by atoms with Crippen molar-refractivity contribution in [3.63, 3.8) is 0 Å². The SMILES string of the molecule is CC[C@H]1O[C@@H](n2cnc3c(=O)[nH]c(N)nc32)[C@@H](O)C1OP(O)(=S)OC. The van der Waals surface area contributed by atoms with Crippen LogP contribution < -0.4 is 11.3 Å². The summed E-state index contributed by atoms with van der Waals surface area (Å²) in [5.41, 5.74) is 5.30. The van der Waals surface area contributed by atoms with Gasteiger partial charge in [-0.2, -0.15) is 4.98 Å². The zero-order valence-electron chi connectivity index (χ0n) is 13.4. The molecule has 1 fully saturated rings. The van der Waals surface area contributed by atoms with Crippen molar-refractivity contribution >= 4 is 35.6 Å². The summed E-state index contributed by atoms with van der Waals surface area (Å²) in [5.74, 6) is -0.0863. The number of imidazole rings is 1. The molecule has 138 valence electrons. The van der Waals surface area contributed by atoms with Crippen LogP contribution in [-0.4, -0.2) is 54.9 Å². The van der Waals surface area contributed by atoms with Crippen LogP contribution >= 0.6 is 6.72 Å². The highest BCUT2D eigenvalue weighted by molar-refractivity contribution is 8.07. The Kier molecular flexibility index (Phi) is 4.95. The summed E-state index contributed by atoms with van der Waals surface area (Å²) in [7, 11) is 1.23. The molecule has 5 N–H and O–H groups in total. The predicted octanol–water partition coefficient (Wildman–Crippen LogP) is -0.381. The molecule has 0 saturated carbocycles. The van der Waals surface area contributed by atoms with Gasteiger partial charge in [0.15, 0.2) is 17.4 Å². The monoisotopic (exact) mass is 391 g/mol. The molecule has 0 spiro atoms. The number of nitrogens with one attached hydrogen (secondary N) is 1. The molecule has 2 aromatic rings. The number of nitrogens with zero attached hydrogens (tertiary/aromatic N) is 3. The van der Waals surface area contributed by atoms with Gasteiger partial charge in [-0.05, 0) is 18.2 Å². The zero-order chi connectivity index (χ0) is 18.4. The van der Waals surface area contributed by atoms with Crippen LogP contribution in [0.15, 0.2) is 11.1 Å². The molecule has 11 nitrogen and oxygen atoms in total. The third kappa shape index (κ3) is 3.34. The molecule has 3 rings (SSSR count). The first-order valence-corrected chi connectivity index (χ1v) is 9.99. The molecule has 0 aromatic carbocycles. The fourth-order valence-electron chi connectivity index (χ4n) is 2.73. The second kappa shape index (κ2) is 6.72. The lowest BCUT2D eigenvalue weighted by atomic mass is 10.1. The molecule has 1 aliphatic heterocycles. The number of hydrogen-bond acceptors (Lipinski definition) is 9. The standard InChI is InChI=1S/C12H18N5O6PS/c1-3-5-8(23-24(20,25)21-2)7(18)11(22-5)17-4-14-6-9(17)15-12(13)16-10(6)19/h4-5,7-8,11,18H,3H2,1-2H3,(H,20,25)(H3,13,15,16,19)/t5-,7+,8?,11-,24?/m1/s1. The van der Waals surface area contributed by atoms with Crippen molar-refractivity contribution in [3.8, 4) is 0 Å². The largest absolute Gasteiger partial charge is 0.386 e. The van der Waals surface area contributed by atoms with Gasteiger partial charge in [-0.15, -0.1) is 0 Å². The van der Waals surface area contributed by atoms with E-state index < -0.39 is 36.8 Å². The molecule has 13 heteroatoms. The van der Waals surface area contributed by atoms with Crippen molar-refractivity contribution in [2.45, 2.75) is 37.9 Å². The normalized spacial score (nSPS) is 29.1. The van der Waals surface area contributed by atoms with Gasteiger partial charge in [-0.3, -0.25) is 18.9 Å². The van der Waals surface area contributed by atoms with Gasteiger partial charge in [0.05, 0.1) is 12.4 Å². The van der Waals surface area contributed by atoms with Crippen molar-refractivity contribution in [3.05, 3.63) is 16.7 Å². The van der Waals surface area contributed by atoms with Gasteiger partial charge in [0, 0.05) is 7.11 Å². The van der Waals surface area contributed by atoms with E-state index in [4.69, 9.17) is 31.3 Å². The van der Waals surface area contributed by atoms with Crippen LogP contribution in [0.3, 0.4) is 0 Å². The van der Waals surface area contributed by atoms with E-state index in [1.165, 1.54) is 18.0 Å². The maximum absolute atomic E-state index is 11.9. The summed E-state index contributed by atoms with van der Waals surface area (Å²) < 4.78 is 17.4. The molecular weight excluding hydrogens is 373 g/mol. The van der Waals surface area contributed by atoms with Crippen LogP contribution in [0.4, 0.5) is 5.95 Å². The Morgan fingerprint density at radius 2 is 2.32 bits per heavy atom. The molecule has 2 unspecified atom stereocenters. The summed E-state index contributed by atoms with van der Waals surface area (Å²) in [4.78, 5) is 32.2. The summed E-state index contributed by atoms with van der Waals surface area (Å²) >= 11 is 4.85. The van der Waals surface area contributed by atoms with Crippen molar-refractivity contribution in [2.75, 3.05) is 12.8 Å². The van der Waals surface area contributed by atoms with Gasteiger partial charge < -0.3 is 25.0 Å². The van der Waals surface area contributed by atoms with Gasteiger partial charge in [-0.1, -0.05) is 6.92 Å². The minimum Gasteiger partial charge on any atom is -0.386 e. The first-order valence-electron chi connectivity index (χ1n) is 7.40. The number of aliphatic hydroxyl groups excluding tert-OH is 1. The highest BCUT2D eigenvalue weighted by atomic mass is 32.5. The maximum atomic E-state index is 11.9. The van der Waals surface area contributed by atoms with Crippen LogP contribution in [0.2, 0.25) is 0 Å². The number of nitrogens with two attached hydrogens (primary N) is 1. The van der Waals surface area contributed by atoms with Crippen LogP contribution in [0.1, 0.15) is 19.6 Å².